The Morgan fingerprint density at radius 1 is 1.61 bits per heavy atom. The van der Waals surface area contributed by atoms with Crippen LogP contribution in [0.25, 0.3) is 0 Å². The molecule has 1 amide bonds. The predicted molar refractivity (Wildman–Crippen MR) is 69.8 cm³/mol. The van der Waals surface area contributed by atoms with Gasteiger partial charge in [-0.1, -0.05) is 12.1 Å². The Hall–Kier alpha value is -1.72. The standard InChI is InChI=1S/C13H19N3O2/c1-2-5-15-13(18)11-16(7-8-17)10-12-4-3-6-14-9-12/h2-4,6,9,17H,1,5,7-8,10-11H2,(H,15,18). The van der Waals surface area contributed by atoms with Crippen molar-refractivity contribution in [1.82, 2.24) is 15.2 Å². The molecule has 5 heteroatoms. The van der Waals surface area contributed by atoms with Crippen molar-refractivity contribution in [3.05, 3.63) is 42.7 Å². The summed E-state index contributed by atoms with van der Waals surface area (Å²) >= 11 is 0. The Morgan fingerprint density at radius 2 is 2.44 bits per heavy atom. The Balaban J connectivity index is 2.49. The molecule has 0 aliphatic rings. The summed E-state index contributed by atoms with van der Waals surface area (Å²) in [5, 5.41) is 11.7. The number of carbonyl (C=O) groups excluding carboxylic acids is 1. The maximum atomic E-state index is 11.6. The Bertz CT molecular complexity index is 368. The molecule has 0 aliphatic heterocycles. The summed E-state index contributed by atoms with van der Waals surface area (Å²) < 4.78 is 0. The van der Waals surface area contributed by atoms with Crippen LogP contribution in [0, 0.1) is 0 Å². The van der Waals surface area contributed by atoms with Gasteiger partial charge in [-0.2, -0.15) is 0 Å². The number of rotatable bonds is 8. The number of nitrogens with one attached hydrogen (secondary N) is 1. The van der Waals surface area contributed by atoms with Crippen molar-refractivity contribution in [3.8, 4) is 0 Å². The molecule has 0 aliphatic carbocycles. The van der Waals surface area contributed by atoms with Crippen LogP contribution < -0.4 is 5.32 Å². The van der Waals surface area contributed by atoms with Crippen LogP contribution in [0.15, 0.2) is 37.2 Å². The SMILES string of the molecule is C=CCNC(=O)CN(CCO)Cc1cccnc1. The molecule has 1 heterocycles. The molecule has 1 aromatic heterocycles. The molecule has 0 unspecified atom stereocenters. The summed E-state index contributed by atoms with van der Waals surface area (Å²) in [6, 6.07) is 3.79. The molecule has 1 rings (SSSR count). The first-order valence-electron chi connectivity index (χ1n) is 5.86. The van der Waals surface area contributed by atoms with Gasteiger partial charge >= 0.3 is 0 Å². The van der Waals surface area contributed by atoms with Crippen molar-refractivity contribution >= 4 is 5.91 Å². The minimum Gasteiger partial charge on any atom is -0.395 e. The molecular weight excluding hydrogens is 230 g/mol. The van der Waals surface area contributed by atoms with Crippen LogP contribution in [0.3, 0.4) is 0 Å². The lowest BCUT2D eigenvalue weighted by Gasteiger charge is -2.20. The van der Waals surface area contributed by atoms with Gasteiger partial charge in [0.1, 0.15) is 0 Å². The van der Waals surface area contributed by atoms with E-state index in [0.29, 0.717) is 19.6 Å². The second-order valence-electron chi connectivity index (χ2n) is 3.89. The van der Waals surface area contributed by atoms with Gasteiger partial charge in [0.2, 0.25) is 5.91 Å². The number of carbonyl (C=O) groups is 1. The molecule has 5 nitrogen and oxygen atoms in total. The quantitative estimate of drug-likeness (QED) is 0.645. The van der Waals surface area contributed by atoms with Gasteiger partial charge in [-0.15, -0.1) is 6.58 Å². The fourth-order valence-electron chi connectivity index (χ4n) is 1.55. The van der Waals surface area contributed by atoms with Gasteiger partial charge in [0, 0.05) is 32.0 Å². The third kappa shape index (κ3) is 5.56. The average Bonchev–Trinajstić information content (AvgIpc) is 2.38. The van der Waals surface area contributed by atoms with Gasteiger partial charge in [0.25, 0.3) is 0 Å². The molecule has 0 fully saturated rings. The summed E-state index contributed by atoms with van der Waals surface area (Å²) in [6.45, 7) is 5.32. The summed E-state index contributed by atoms with van der Waals surface area (Å²) in [4.78, 5) is 17.5. The van der Waals surface area contributed by atoms with Crippen molar-refractivity contribution in [2.45, 2.75) is 6.54 Å². The molecule has 0 atom stereocenters. The van der Waals surface area contributed by atoms with Crippen molar-refractivity contribution in [3.63, 3.8) is 0 Å². The maximum absolute atomic E-state index is 11.6. The van der Waals surface area contributed by atoms with E-state index in [2.05, 4.69) is 16.9 Å². The maximum Gasteiger partial charge on any atom is 0.234 e. The fraction of sp³-hybridized carbons (Fsp3) is 0.385. The van der Waals surface area contributed by atoms with Crippen LogP contribution in [0.4, 0.5) is 0 Å². The molecule has 0 saturated heterocycles. The van der Waals surface area contributed by atoms with Crippen LogP contribution >= 0.6 is 0 Å². The number of amides is 1. The molecule has 2 N–H and O–H groups in total. The molecule has 0 aromatic carbocycles. The van der Waals surface area contributed by atoms with E-state index in [1.54, 1.807) is 18.5 Å². The van der Waals surface area contributed by atoms with Crippen molar-refractivity contribution in [2.24, 2.45) is 0 Å². The largest absolute Gasteiger partial charge is 0.395 e. The highest BCUT2D eigenvalue weighted by atomic mass is 16.3. The number of aliphatic hydroxyl groups excluding tert-OH is 1. The summed E-state index contributed by atoms with van der Waals surface area (Å²) in [7, 11) is 0. The second-order valence-corrected chi connectivity index (χ2v) is 3.89. The van der Waals surface area contributed by atoms with E-state index < -0.39 is 0 Å². The summed E-state index contributed by atoms with van der Waals surface area (Å²) in [5.41, 5.74) is 1.02. The fourth-order valence-corrected chi connectivity index (χ4v) is 1.55. The molecule has 0 bridgehead atoms. The lowest BCUT2D eigenvalue weighted by molar-refractivity contribution is -0.122. The monoisotopic (exact) mass is 249 g/mol. The molecule has 0 radical (unpaired) electrons. The van der Waals surface area contributed by atoms with E-state index in [9.17, 15) is 4.79 Å². The molecule has 0 saturated carbocycles. The van der Waals surface area contributed by atoms with E-state index in [0.717, 1.165) is 5.56 Å². The van der Waals surface area contributed by atoms with Crippen molar-refractivity contribution in [1.29, 1.82) is 0 Å². The van der Waals surface area contributed by atoms with Crippen LogP contribution in [0.2, 0.25) is 0 Å². The Labute approximate surface area is 107 Å². The molecule has 18 heavy (non-hydrogen) atoms. The third-order valence-corrected chi connectivity index (χ3v) is 2.36. The van der Waals surface area contributed by atoms with Gasteiger partial charge in [0.15, 0.2) is 0 Å². The first-order valence-corrected chi connectivity index (χ1v) is 5.86. The minimum absolute atomic E-state index is 0.0228. The lowest BCUT2D eigenvalue weighted by atomic mass is 10.2. The number of hydrogen-bond acceptors (Lipinski definition) is 4. The highest BCUT2D eigenvalue weighted by molar-refractivity contribution is 5.78. The molecule has 1 aromatic rings. The highest BCUT2D eigenvalue weighted by Crippen LogP contribution is 2.02. The average molecular weight is 249 g/mol. The minimum atomic E-state index is -0.0766. The van der Waals surface area contributed by atoms with Gasteiger partial charge in [-0.05, 0) is 11.6 Å². The van der Waals surface area contributed by atoms with Crippen LogP contribution in [-0.4, -0.2) is 47.1 Å². The second kappa shape index (κ2) is 8.38. The normalized spacial score (nSPS) is 10.3. The van der Waals surface area contributed by atoms with Gasteiger partial charge < -0.3 is 10.4 Å². The van der Waals surface area contributed by atoms with Gasteiger partial charge in [0.05, 0.1) is 13.2 Å². The molecule has 98 valence electrons. The van der Waals surface area contributed by atoms with E-state index in [-0.39, 0.29) is 19.1 Å². The number of nitrogens with zero attached hydrogens (tertiary/aromatic N) is 2. The zero-order valence-corrected chi connectivity index (χ0v) is 10.4. The van der Waals surface area contributed by atoms with E-state index in [4.69, 9.17) is 5.11 Å². The van der Waals surface area contributed by atoms with Gasteiger partial charge in [-0.25, -0.2) is 0 Å². The van der Waals surface area contributed by atoms with Crippen LogP contribution in [-0.2, 0) is 11.3 Å². The van der Waals surface area contributed by atoms with E-state index in [1.165, 1.54) is 0 Å². The van der Waals surface area contributed by atoms with Crippen LogP contribution in [0.1, 0.15) is 5.56 Å². The zero-order valence-electron chi connectivity index (χ0n) is 10.4. The van der Waals surface area contributed by atoms with Crippen LogP contribution in [0.5, 0.6) is 0 Å². The zero-order chi connectivity index (χ0) is 13.2. The number of aliphatic hydroxyl groups is 1. The Morgan fingerprint density at radius 3 is 3.06 bits per heavy atom. The van der Waals surface area contributed by atoms with Crippen molar-refractivity contribution < 1.29 is 9.90 Å². The first-order chi connectivity index (χ1) is 8.76. The predicted octanol–water partition coefficient (Wildman–Crippen LogP) is 0.178. The Kier molecular flexibility index (Phi) is 6.68. The molecule has 0 spiro atoms. The molecular formula is C13H19N3O2. The van der Waals surface area contributed by atoms with Gasteiger partial charge in [-0.3, -0.25) is 14.7 Å². The highest BCUT2D eigenvalue weighted by Gasteiger charge is 2.10. The number of aromatic nitrogens is 1. The number of pyridine rings is 1. The van der Waals surface area contributed by atoms with Crippen molar-refractivity contribution in [2.75, 3.05) is 26.2 Å². The third-order valence-electron chi connectivity index (χ3n) is 2.36. The van der Waals surface area contributed by atoms with E-state index in [1.807, 2.05) is 17.0 Å². The summed E-state index contributed by atoms with van der Waals surface area (Å²) in [6.07, 6.45) is 5.10. The summed E-state index contributed by atoms with van der Waals surface area (Å²) in [5.74, 6) is -0.0766. The van der Waals surface area contributed by atoms with E-state index >= 15 is 0 Å². The first kappa shape index (κ1) is 14.3. The lowest BCUT2D eigenvalue weighted by Crippen LogP contribution is -2.38. The number of hydrogen-bond donors (Lipinski definition) is 2. The topological polar surface area (TPSA) is 65.5 Å². The smallest absolute Gasteiger partial charge is 0.234 e.